The maximum Gasteiger partial charge on any atom is 0.255 e. The van der Waals surface area contributed by atoms with Gasteiger partial charge < -0.3 is 14.4 Å². The van der Waals surface area contributed by atoms with Crippen molar-refractivity contribution in [2.45, 2.75) is 25.1 Å². The van der Waals surface area contributed by atoms with Crippen molar-refractivity contribution < 1.29 is 14.3 Å². The molecule has 2 aromatic rings. The summed E-state index contributed by atoms with van der Waals surface area (Å²) in [7, 11) is 0. The van der Waals surface area contributed by atoms with E-state index in [0.717, 1.165) is 12.3 Å². The molecule has 0 aliphatic carbocycles. The summed E-state index contributed by atoms with van der Waals surface area (Å²) in [4.78, 5) is 15.0. The number of carbonyl (C=O) groups is 1. The lowest BCUT2D eigenvalue weighted by atomic mass is 10.0. The van der Waals surface area contributed by atoms with E-state index in [0.29, 0.717) is 23.0 Å². The number of thioether (sulfide) groups is 1. The third-order valence-corrected chi connectivity index (χ3v) is 5.92. The molecule has 2 aliphatic rings. The molecule has 1 atom stereocenters. The van der Waals surface area contributed by atoms with Crippen molar-refractivity contribution in [3.05, 3.63) is 59.2 Å². The Bertz CT molecular complexity index is 788. The first-order valence-corrected chi connectivity index (χ1v) is 9.60. The summed E-state index contributed by atoms with van der Waals surface area (Å²) >= 11 is 1.82. The van der Waals surface area contributed by atoms with E-state index in [1.807, 2.05) is 28.8 Å². The fourth-order valence-corrected chi connectivity index (χ4v) is 4.45. The van der Waals surface area contributed by atoms with Crippen LogP contribution in [0.4, 0.5) is 0 Å². The van der Waals surface area contributed by atoms with Crippen molar-refractivity contribution in [3.63, 3.8) is 0 Å². The molecule has 2 aliphatic heterocycles. The molecule has 2 aromatic carbocycles. The van der Waals surface area contributed by atoms with E-state index in [2.05, 4.69) is 38.1 Å². The number of nitrogens with zero attached hydrogens (tertiary/aromatic N) is 1. The first-order valence-electron chi connectivity index (χ1n) is 8.55. The van der Waals surface area contributed by atoms with E-state index in [4.69, 9.17) is 9.47 Å². The van der Waals surface area contributed by atoms with Gasteiger partial charge in [-0.1, -0.05) is 38.1 Å². The molecule has 0 bridgehead atoms. The number of hydrogen-bond acceptors (Lipinski definition) is 4. The van der Waals surface area contributed by atoms with Crippen molar-refractivity contribution >= 4 is 17.7 Å². The van der Waals surface area contributed by atoms with Gasteiger partial charge in [0.05, 0.1) is 0 Å². The second-order valence-electron chi connectivity index (χ2n) is 6.61. The second kappa shape index (κ2) is 6.64. The number of rotatable bonds is 3. The van der Waals surface area contributed by atoms with Gasteiger partial charge in [-0.05, 0) is 35.2 Å². The van der Waals surface area contributed by atoms with Gasteiger partial charge in [0.25, 0.3) is 5.91 Å². The number of ether oxygens (including phenoxy) is 2. The number of fused-ring (bicyclic) bond motifs is 1. The Morgan fingerprint density at radius 3 is 2.64 bits per heavy atom. The SMILES string of the molecule is CC(C)c1ccc([C@@H]2SCCN2C(=O)c2ccc3c(c2)OCO3)cc1. The van der Waals surface area contributed by atoms with Crippen LogP contribution in [0.25, 0.3) is 0 Å². The van der Waals surface area contributed by atoms with Gasteiger partial charge in [-0.15, -0.1) is 11.8 Å². The standard InChI is InChI=1S/C20H21NO3S/c1-13(2)14-3-5-15(6-4-14)20-21(9-10-25-20)19(22)16-7-8-17-18(11-16)24-12-23-17/h3-8,11,13,20H,9-10,12H2,1-2H3/t20-/m0/s1. The van der Waals surface area contributed by atoms with Gasteiger partial charge in [0.2, 0.25) is 6.79 Å². The van der Waals surface area contributed by atoms with Crippen LogP contribution in [0.2, 0.25) is 0 Å². The van der Waals surface area contributed by atoms with Crippen LogP contribution in [0.5, 0.6) is 11.5 Å². The molecule has 2 heterocycles. The molecule has 0 aromatic heterocycles. The van der Waals surface area contributed by atoms with Gasteiger partial charge in [-0.25, -0.2) is 0 Å². The predicted octanol–water partition coefficient (Wildman–Crippen LogP) is 4.43. The third-order valence-electron chi connectivity index (χ3n) is 4.66. The highest BCUT2D eigenvalue weighted by Crippen LogP contribution is 2.40. The first-order chi connectivity index (χ1) is 12.1. The lowest BCUT2D eigenvalue weighted by Gasteiger charge is -2.24. The van der Waals surface area contributed by atoms with Gasteiger partial charge in [0.1, 0.15) is 5.37 Å². The monoisotopic (exact) mass is 355 g/mol. The zero-order valence-electron chi connectivity index (χ0n) is 14.4. The van der Waals surface area contributed by atoms with E-state index in [1.165, 1.54) is 11.1 Å². The second-order valence-corrected chi connectivity index (χ2v) is 7.80. The molecule has 25 heavy (non-hydrogen) atoms. The average molecular weight is 355 g/mol. The molecule has 0 saturated carbocycles. The fourth-order valence-electron chi connectivity index (χ4n) is 3.20. The Hall–Kier alpha value is -2.14. The van der Waals surface area contributed by atoms with Gasteiger partial charge >= 0.3 is 0 Å². The molecule has 1 fully saturated rings. The van der Waals surface area contributed by atoms with Crippen molar-refractivity contribution in [2.75, 3.05) is 19.1 Å². The molecular formula is C20H21NO3S. The molecule has 0 radical (unpaired) electrons. The number of amides is 1. The van der Waals surface area contributed by atoms with Gasteiger partial charge in [-0.3, -0.25) is 4.79 Å². The molecule has 4 rings (SSSR count). The van der Waals surface area contributed by atoms with Gasteiger partial charge in [-0.2, -0.15) is 0 Å². The van der Waals surface area contributed by atoms with Crippen LogP contribution in [0.1, 0.15) is 46.6 Å². The zero-order valence-corrected chi connectivity index (χ0v) is 15.2. The fraction of sp³-hybridized carbons (Fsp3) is 0.350. The highest BCUT2D eigenvalue weighted by molar-refractivity contribution is 7.99. The Kier molecular flexibility index (Phi) is 4.34. The molecule has 4 nitrogen and oxygen atoms in total. The minimum atomic E-state index is 0.0428. The molecule has 0 unspecified atom stereocenters. The lowest BCUT2D eigenvalue weighted by Crippen LogP contribution is -2.30. The average Bonchev–Trinajstić information content (AvgIpc) is 3.29. The Labute approximate surface area is 152 Å². The Balaban J connectivity index is 1.57. The molecule has 0 spiro atoms. The van der Waals surface area contributed by atoms with Crippen LogP contribution in [-0.2, 0) is 0 Å². The maximum atomic E-state index is 13.0. The summed E-state index contributed by atoms with van der Waals surface area (Å²) in [6.07, 6.45) is 0. The van der Waals surface area contributed by atoms with Crippen molar-refractivity contribution in [1.29, 1.82) is 0 Å². The smallest absolute Gasteiger partial charge is 0.255 e. The zero-order chi connectivity index (χ0) is 17.4. The number of carbonyl (C=O) groups excluding carboxylic acids is 1. The normalized spacial score (nSPS) is 18.8. The van der Waals surface area contributed by atoms with Crippen LogP contribution in [0.3, 0.4) is 0 Å². The van der Waals surface area contributed by atoms with E-state index in [-0.39, 0.29) is 18.1 Å². The van der Waals surface area contributed by atoms with E-state index in [1.54, 1.807) is 6.07 Å². The third kappa shape index (κ3) is 3.09. The molecular weight excluding hydrogens is 334 g/mol. The topological polar surface area (TPSA) is 38.8 Å². The summed E-state index contributed by atoms with van der Waals surface area (Å²) in [5, 5.41) is 0.0686. The molecule has 1 saturated heterocycles. The summed E-state index contributed by atoms with van der Waals surface area (Å²) in [5.74, 6) is 2.86. The highest BCUT2D eigenvalue weighted by Gasteiger charge is 2.32. The minimum absolute atomic E-state index is 0.0428. The highest BCUT2D eigenvalue weighted by atomic mass is 32.2. The minimum Gasteiger partial charge on any atom is -0.454 e. The van der Waals surface area contributed by atoms with Crippen molar-refractivity contribution in [1.82, 2.24) is 4.90 Å². The van der Waals surface area contributed by atoms with Gasteiger partial charge in [0.15, 0.2) is 11.5 Å². The Morgan fingerprint density at radius 2 is 1.88 bits per heavy atom. The summed E-state index contributed by atoms with van der Waals surface area (Å²) in [5.41, 5.74) is 3.15. The molecule has 0 N–H and O–H groups in total. The summed E-state index contributed by atoms with van der Waals surface area (Å²) < 4.78 is 10.7. The maximum absolute atomic E-state index is 13.0. The van der Waals surface area contributed by atoms with Crippen molar-refractivity contribution in [3.8, 4) is 11.5 Å². The van der Waals surface area contributed by atoms with Gasteiger partial charge in [0, 0.05) is 17.9 Å². The largest absolute Gasteiger partial charge is 0.454 e. The lowest BCUT2D eigenvalue weighted by molar-refractivity contribution is 0.0760. The van der Waals surface area contributed by atoms with E-state index in [9.17, 15) is 4.79 Å². The molecule has 1 amide bonds. The molecule has 130 valence electrons. The predicted molar refractivity (Wildman–Crippen MR) is 99.3 cm³/mol. The summed E-state index contributed by atoms with van der Waals surface area (Å²) in [6.45, 7) is 5.36. The van der Waals surface area contributed by atoms with Crippen LogP contribution in [0.15, 0.2) is 42.5 Å². The van der Waals surface area contributed by atoms with Crippen molar-refractivity contribution in [2.24, 2.45) is 0 Å². The summed E-state index contributed by atoms with van der Waals surface area (Å²) in [6, 6.07) is 14.1. The number of hydrogen-bond donors (Lipinski definition) is 0. The van der Waals surface area contributed by atoms with E-state index < -0.39 is 0 Å². The van der Waals surface area contributed by atoms with Crippen LogP contribution < -0.4 is 9.47 Å². The molecule has 5 heteroatoms. The first kappa shape index (κ1) is 16.3. The van der Waals surface area contributed by atoms with E-state index >= 15 is 0 Å². The Morgan fingerprint density at radius 1 is 1.12 bits per heavy atom. The quantitative estimate of drug-likeness (QED) is 0.817. The van der Waals surface area contributed by atoms with Crippen LogP contribution >= 0.6 is 11.8 Å². The van der Waals surface area contributed by atoms with Crippen LogP contribution in [0, 0.1) is 0 Å². The number of benzene rings is 2. The van der Waals surface area contributed by atoms with Crippen LogP contribution in [-0.4, -0.2) is 29.9 Å².